The number of nitrogens with one attached hydrogen (secondary N) is 3. The maximum atomic E-state index is 13.3. The Bertz CT molecular complexity index is 1480. The first kappa shape index (κ1) is 27.6. The molecule has 0 saturated carbocycles. The van der Waals surface area contributed by atoms with E-state index in [4.69, 9.17) is 16.3 Å². The summed E-state index contributed by atoms with van der Waals surface area (Å²) >= 11 is 7.41. The van der Waals surface area contributed by atoms with Crippen molar-refractivity contribution < 1.29 is 19.1 Å². The van der Waals surface area contributed by atoms with Gasteiger partial charge in [-0.25, -0.2) is 4.98 Å². The molecule has 0 fully saturated rings. The molecular weight excluding hydrogens is 524 g/mol. The van der Waals surface area contributed by atoms with Crippen LogP contribution in [0.5, 0.6) is 5.75 Å². The molecule has 4 aromatic rings. The number of aromatic nitrogens is 2. The van der Waals surface area contributed by atoms with Crippen molar-refractivity contribution in [3.05, 3.63) is 52.7 Å². The van der Waals surface area contributed by atoms with Gasteiger partial charge in [-0.15, -0.1) is 0 Å². The van der Waals surface area contributed by atoms with E-state index in [-0.39, 0.29) is 24.0 Å². The number of carbonyl (C=O) groups is 3. The lowest BCUT2D eigenvalue weighted by Gasteiger charge is -2.18. The van der Waals surface area contributed by atoms with Gasteiger partial charge in [-0.1, -0.05) is 35.8 Å². The molecule has 0 unspecified atom stereocenters. The number of H-pyrrole nitrogens is 1. The number of anilines is 1. The fraction of sp³-hybridized carbons (Fsp3) is 0.357. The minimum absolute atomic E-state index is 0.118. The number of hydrogen-bond donors (Lipinski definition) is 3. The van der Waals surface area contributed by atoms with Crippen LogP contribution in [0, 0.1) is 6.92 Å². The SMILES string of the molecule is COc1ccc2[nH]c(C)c(CC(=O)N[C@@H](CCCCCC(C)=O)C(=O)Nc3nc4ccc(Cl)cc4s3)c2c1. The van der Waals surface area contributed by atoms with Crippen molar-refractivity contribution in [2.45, 2.75) is 58.4 Å². The molecule has 0 spiro atoms. The number of Topliss-reactive ketones (excluding diaryl/α,β-unsaturated/α-hetero) is 1. The zero-order valence-electron chi connectivity index (χ0n) is 21.7. The number of carbonyl (C=O) groups excluding carboxylic acids is 3. The molecule has 4 rings (SSSR count). The lowest BCUT2D eigenvalue weighted by molar-refractivity contribution is -0.126. The molecule has 200 valence electrons. The van der Waals surface area contributed by atoms with Crippen molar-refractivity contribution >= 4 is 66.8 Å². The van der Waals surface area contributed by atoms with E-state index in [1.165, 1.54) is 11.3 Å². The van der Waals surface area contributed by atoms with Crippen LogP contribution in [0.4, 0.5) is 5.13 Å². The van der Waals surface area contributed by atoms with Gasteiger partial charge >= 0.3 is 0 Å². The number of fused-ring (bicyclic) bond motifs is 2. The normalized spacial score (nSPS) is 12.0. The second kappa shape index (κ2) is 12.4. The largest absolute Gasteiger partial charge is 0.497 e. The van der Waals surface area contributed by atoms with Crippen LogP contribution in [0.1, 0.15) is 50.3 Å². The Morgan fingerprint density at radius 2 is 1.95 bits per heavy atom. The fourth-order valence-electron chi connectivity index (χ4n) is 4.43. The Morgan fingerprint density at radius 1 is 1.13 bits per heavy atom. The van der Waals surface area contributed by atoms with Crippen molar-refractivity contribution in [2.75, 3.05) is 12.4 Å². The second-order valence-corrected chi connectivity index (χ2v) is 10.8. The van der Waals surface area contributed by atoms with Crippen molar-refractivity contribution in [1.82, 2.24) is 15.3 Å². The van der Waals surface area contributed by atoms with Crippen LogP contribution in [0.25, 0.3) is 21.1 Å². The smallest absolute Gasteiger partial charge is 0.248 e. The molecule has 38 heavy (non-hydrogen) atoms. The van der Waals surface area contributed by atoms with Crippen LogP contribution in [-0.4, -0.2) is 40.7 Å². The molecule has 2 aromatic carbocycles. The van der Waals surface area contributed by atoms with Crippen molar-refractivity contribution in [3.8, 4) is 5.75 Å². The number of unbranched alkanes of at least 4 members (excludes halogenated alkanes) is 2. The summed E-state index contributed by atoms with van der Waals surface area (Å²) in [5, 5.41) is 7.75. The Kier molecular flexibility index (Phi) is 9.01. The summed E-state index contributed by atoms with van der Waals surface area (Å²) in [6.45, 7) is 3.50. The fourth-order valence-corrected chi connectivity index (χ4v) is 5.58. The van der Waals surface area contributed by atoms with E-state index in [1.807, 2.05) is 25.1 Å². The highest BCUT2D eigenvalue weighted by Crippen LogP contribution is 2.29. The Balaban J connectivity index is 1.47. The lowest BCUT2D eigenvalue weighted by Crippen LogP contribution is -2.44. The van der Waals surface area contributed by atoms with E-state index in [2.05, 4.69) is 20.6 Å². The molecular formula is C28H31ClN4O4S. The standard InChI is InChI=1S/C28H31ClN4O4S/c1-16(34)7-5-4-6-8-24(27(36)33-28-32-23-11-9-18(29)13-25(23)38-28)31-26(35)15-20-17(2)30-22-12-10-19(37-3)14-21(20)22/h9-14,24,30H,4-8,15H2,1-3H3,(H,31,35)(H,32,33,36)/t24-/m0/s1. The van der Waals surface area contributed by atoms with Gasteiger partial charge in [0.05, 0.1) is 23.7 Å². The van der Waals surface area contributed by atoms with E-state index in [1.54, 1.807) is 32.2 Å². The van der Waals surface area contributed by atoms with E-state index in [0.717, 1.165) is 45.2 Å². The van der Waals surface area contributed by atoms with Gasteiger partial charge in [-0.2, -0.15) is 0 Å². The third kappa shape index (κ3) is 6.90. The number of aromatic amines is 1. The van der Waals surface area contributed by atoms with Crippen LogP contribution in [-0.2, 0) is 20.8 Å². The minimum Gasteiger partial charge on any atom is -0.497 e. The molecule has 0 aliphatic rings. The van der Waals surface area contributed by atoms with Gasteiger partial charge in [0.1, 0.15) is 17.6 Å². The molecule has 0 aliphatic heterocycles. The highest BCUT2D eigenvalue weighted by molar-refractivity contribution is 7.22. The average Bonchev–Trinajstić information content (AvgIpc) is 3.41. The third-order valence-corrected chi connectivity index (χ3v) is 7.59. The van der Waals surface area contributed by atoms with E-state index in [9.17, 15) is 14.4 Å². The number of thiazole rings is 1. The number of aryl methyl sites for hydroxylation is 1. The number of hydrogen-bond acceptors (Lipinski definition) is 6. The highest BCUT2D eigenvalue weighted by atomic mass is 35.5. The van der Waals surface area contributed by atoms with Gasteiger partial charge in [-0.05, 0) is 68.7 Å². The molecule has 0 aliphatic carbocycles. The lowest BCUT2D eigenvalue weighted by atomic mass is 10.0. The van der Waals surface area contributed by atoms with Crippen LogP contribution >= 0.6 is 22.9 Å². The van der Waals surface area contributed by atoms with Crippen LogP contribution in [0.15, 0.2) is 36.4 Å². The van der Waals surface area contributed by atoms with Gasteiger partial charge in [0.2, 0.25) is 11.8 Å². The first-order chi connectivity index (χ1) is 18.2. The summed E-state index contributed by atoms with van der Waals surface area (Å²) in [5.74, 6) is 0.275. The monoisotopic (exact) mass is 554 g/mol. The van der Waals surface area contributed by atoms with E-state index >= 15 is 0 Å². The van der Waals surface area contributed by atoms with Gasteiger partial charge < -0.3 is 25.1 Å². The third-order valence-electron chi connectivity index (χ3n) is 6.42. The van der Waals surface area contributed by atoms with Gasteiger partial charge in [0, 0.05) is 28.0 Å². The highest BCUT2D eigenvalue weighted by Gasteiger charge is 2.23. The first-order valence-electron chi connectivity index (χ1n) is 12.5. The molecule has 10 heteroatoms. The average molecular weight is 555 g/mol. The molecule has 2 aromatic heterocycles. The summed E-state index contributed by atoms with van der Waals surface area (Å²) < 4.78 is 6.21. The molecule has 2 amide bonds. The molecule has 0 bridgehead atoms. The van der Waals surface area contributed by atoms with Gasteiger partial charge in [0.25, 0.3) is 0 Å². The molecule has 2 heterocycles. The van der Waals surface area contributed by atoms with Crippen molar-refractivity contribution in [3.63, 3.8) is 0 Å². The molecule has 1 atom stereocenters. The Hall–Kier alpha value is -3.43. The van der Waals surface area contributed by atoms with Crippen molar-refractivity contribution in [2.24, 2.45) is 0 Å². The minimum atomic E-state index is -0.740. The molecule has 3 N–H and O–H groups in total. The number of ketones is 1. The Labute approximate surface area is 230 Å². The van der Waals surface area contributed by atoms with Crippen molar-refractivity contribution in [1.29, 1.82) is 0 Å². The Morgan fingerprint density at radius 3 is 2.71 bits per heavy atom. The number of methoxy groups -OCH3 is 1. The molecule has 0 radical (unpaired) electrons. The van der Waals surface area contributed by atoms with Gasteiger partial charge in [-0.3, -0.25) is 9.59 Å². The summed E-state index contributed by atoms with van der Waals surface area (Å²) in [5.41, 5.74) is 3.41. The number of rotatable bonds is 12. The number of amides is 2. The summed E-state index contributed by atoms with van der Waals surface area (Å²) in [6.07, 6.45) is 3.33. The van der Waals surface area contributed by atoms with Crippen LogP contribution < -0.4 is 15.4 Å². The van der Waals surface area contributed by atoms with Gasteiger partial charge in [0.15, 0.2) is 5.13 Å². The van der Waals surface area contributed by atoms with E-state index in [0.29, 0.717) is 35.2 Å². The predicted octanol–water partition coefficient (Wildman–Crippen LogP) is 5.95. The summed E-state index contributed by atoms with van der Waals surface area (Å²) in [4.78, 5) is 45.5. The second-order valence-electron chi connectivity index (χ2n) is 9.36. The zero-order chi connectivity index (χ0) is 27.2. The first-order valence-corrected chi connectivity index (χ1v) is 13.7. The maximum Gasteiger partial charge on any atom is 0.248 e. The summed E-state index contributed by atoms with van der Waals surface area (Å²) in [6, 6.07) is 10.3. The number of nitrogens with zero attached hydrogens (tertiary/aromatic N) is 1. The zero-order valence-corrected chi connectivity index (χ0v) is 23.2. The van der Waals surface area contributed by atoms with Crippen LogP contribution in [0.3, 0.4) is 0 Å². The van der Waals surface area contributed by atoms with Crippen LogP contribution in [0.2, 0.25) is 5.02 Å². The quantitative estimate of drug-likeness (QED) is 0.187. The topological polar surface area (TPSA) is 113 Å². The number of benzene rings is 2. The number of halogens is 1. The summed E-state index contributed by atoms with van der Waals surface area (Å²) in [7, 11) is 1.60. The maximum absolute atomic E-state index is 13.3. The molecule has 0 saturated heterocycles. The van der Waals surface area contributed by atoms with E-state index < -0.39 is 6.04 Å². The predicted molar refractivity (Wildman–Crippen MR) is 152 cm³/mol. The molecule has 8 nitrogen and oxygen atoms in total. The number of ether oxygens (including phenoxy) is 1.